The highest BCUT2D eigenvalue weighted by Gasteiger charge is 2.10. The van der Waals surface area contributed by atoms with Crippen LogP contribution in [0.4, 0.5) is 5.69 Å². The van der Waals surface area contributed by atoms with Gasteiger partial charge in [-0.25, -0.2) is 0 Å². The van der Waals surface area contributed by atoms with E-state index in [1.54, 1.807) is 30.6 Å². The standard InChI is InChI=1S/C14H10N4O3/c19-18(20)12-5-3-10(4-6-12)8-13-16-14(17-21-13)11-2-1-7-15-9-11/h1-7,9H,8H2. The van der Waals surface area contributed by atoms with E-state index >= 15 is 0 Å². The maximum Gasteiger partial charge on any atom is 0.269 e. The summed E-state index contributed by atoms with van der Waals surface area (Å²) in [5.74, 6) is 0.919. The molecule has 104 valence electrons. The number of nitrogens with zero attached hydrogens (tertiary/aromatic N) is 4. The van der Waals surface area contributed by atoms with Crippen LogP contribution in [0.25, 0.3) is 11.4 Å². The zero-order valence-corrected chi connectivity index (χ0v) is 10.8. The van der Waals surface area contributed by atoms with E-state index in [9.17, 15) is 10.1 Å². The van der Waals surface area contributed by atoms with Crippen molar-refractivity contribution in [3.63, 3.8) is 0 Å². The molecule has 0 N–H and O–H groups in total. The van der Waals surface area contributed by atoms with Gasteiger partial charge in [0.05, 0.1) is 11.3 Å². The quantitative estimate of drug-likeness (QED) is 0.539. The van der Waals surface area contributed by atoms with Gasteiger partial charge in [0.1, 0.15) is 0 Å². The molecule has 2 heterocycles. The van der Waals surface area contributed by atoms with Crippen LogP contribution in [0, 0.1) is 10.1 Å². The van der Waals surface area contributed by atoms with Crippen LogP contribution in [0.2, 0.25) is 0 Å². The maximum absolute atomic E-state index is 10.6. The fraction of sp³-hybridized carbons (Fsp3) is 0.0714. The molecule has 0 saturated carbocycles. The summed E-state index contributed by atoms with van der Waals surface area (Å²) in [6.07, 6.45) is 3.74. The molecule has 0 saturated heterocycles. The zero-order valence-electron chi connectivity index (χ0n) is 10.8. The summed E-state index contributed by atoms with van der Waals surface area (Å²) < 4.78 is 5.18. The molecular weight excluding hydrogens is 272 g/mol. The largest absolute Gasteiger partial charge is 0.339 e. The Morgan fingerprint density at radius 3 is 2.67 bits per heavy atom. The van der Waals surface area contributed by atoms with Crippen molar-refractivity contribution in [1.82, 2.24) is 15.1 Å². The SMILES string of the molecule is O=[N+]([O-])c1ccc(Cc2nc(-c3cccnc3)no2)cc1. The fourth-order valence-corrected chi connectivity index (χ4v) is 1.85. The second kappa shape index (κ2) is 5.49. The Morgan fingerprint density at radius 2 is 2.00 bits per heavy atom. The lowest BCUT2D eigenvalue weighted by molar-refractivity contribution is -0.384. The molecule has 1 aromatic carbocycles. The maximum atomic E-state index is 10.6. The van der Waals surface area contributed by atoms with E-state index in [0.717, 1.165) is 11.1 Å². The van der Waals surface area contributed by atoms with Crippen LogP contribution in [-0.4, -0.2) is 20.0 Å². The molecule has 0 aliphatic carbocycles. The average Bonchev–Trinajstić information content (AvgIpc) is 2.97. The van der Waals surface area contributed by atoms with Gasteiger partial charge < -0.3 is 4.52 Å². The first-order valence-electron chi connectivity index (χ1n) is 6.19. The normalized spacial score (nSPS) is 10.5. The Kier molecular flexibility index (Phi) is 3.38. The van der Waals surface area contributed by atoms with Gasteiger partial charge >= 0.3 is 0 Å². The molecule has 0 unspecified atom stereocenters. The van der Waals surface area contributed by atoms with Crippen LogP contribution in [0.15, 0.2) is 53.3 Å². The number of aromatic nitrogens is 3. The summed E-state index contributed by atoms with van der Waals surface area (Å²) in [7, 11) is 0. The number of nitro groups is 1. The van der Waals surface area contributed by atoms with E-state index in [1.807, 2.05) is 6.07 Å². The van der Waals surface area contributed by atoms with Crippen molar-refractivity contribution in [2.45, 2.75) is 6.42 Å². The minimum atomic E-state index is -0.434. The monoisotopic (exact) mass is 282 g/mol. The van der Waals surface area contributed by atoms with E-state index in [2.05, 4.69) is 15.1 Å². The van der Waals surface area contributed by atoms with Gasteiger partial charge in [0, 0.05) is 30.1 Å². The number of rotatable bonds is 4. The van der Waals surface area contributed by atoms with Gasteiger partial charge in [0.2, 0.25) is 11.7 Å². The minimum absolute atomic E-state index is 0.0559. The summed E-state index contributed by atoms with van der Waals surface area (Å²) >= 11 is 0. The number of nitro benzene ring substituents is 1. The van der Waals surface area contributed by atoms with Crippen LogP contribution in [0.1, 0.15) is 11.5 Å². The highest BCUT2D eigenvalue weighted by Crippen LogP contribution is 2.17. The summed E-state index contributed by atoms with van der Waals surface area (Å²) in [5.41, 5.74) is 1.69. The van der Waals surface area contributed by atoms with E-state index in [4.69, 9.17) is 4.52 Å². The fourth-order valence-electron chi connectivity index (χ4n) is 1.85. The van der Waals surface area contributed by atoms with Crippen molar-refractivity contribution in [2.75, 3.05) is 0 Å². The van der Waals surface area contributed by atoms with Crippen LogP contribution >= 0.6 is 0 Å². The van der Waals surface area contributed by atoms with E-state index in [0.29, 0.717) is 18.1 Å². The average molecular weight is 282 g/mol. The number of non-ortho nitro benzene ring substituents is 1. The summed E-state index contributed by atoms with van der Waals surface area (Å²) in [6.45, 7) is 0. The first kappa shape index (κ1) is 12.9. The van der Waals surface area contributed by atoms with Gasteiger partial charge in [0.25, 0.3) is 5.69 Å². The molecule has 0 aliphatic rings. The Morgan fingerprint density at radius 1 is 1.19 bits per heavy atom. The van der Waals surface area contributed by atoms with Crippen molar-refractivity contribution in [2.24, 2.45) is 0 Å². The number of pyridine rings is 1. The van der Waals surface area contributed by atoms with E-state index in [-0.39, 0.29) is 5.69 Å². The molecule has 0 amide bonds. The van der Waals surface area contributed by atoms with Crippen molar-refractivity contribution in [3.8, 4) is 11.4 Å². The predicted octanol–water partition coefficient (Wildman–Crippen LogP) is 2.63. The molecule has 0 bridgehead atoms. The van der Waals surface area contributed by atoms with Crippen molar-refractivity contribution in [1.29, 1.82) is 0 Å². The molecule has 3 rings (SSSR count). The van der Waals surface area contributed by atoms with Crippen LogP contribution in [0.5, 0.6) is 0 Å². The van der Waals surface area contributed by atoms with Crippen LogP contribution in [-0.2, 0) is 6.42 Å². The van der Waals surface area contributed by atoms with Gasteiger partial charge in [-0.2, -0.15) is 4.98 Å². The first-order valence-corrected chi connectivity index (χ1v) is 6.19. The van der Waals surface area contributed by atoms with Gasteiger partial charge in [-0.15, -0.1) is 0 Å². The van der Waals surface area contributed by atoms with Gasteiger partial charge in [0.15, 0.2) is 0 Å². The molecule has 0 spiro atoms. The third kappa shape index (κ3) is 2.92. The molecule has 0 radical (unpaired) electrons. The van der Waals surface area contributed by atoms with Crippen LogP contribution in [0.3, 0.4) is 0 Å². The molecule has 0 fully saturated rings. The number of hydrogen-bond donors (Lipinski definition) is 0. The highest BCUT2D eigenvalue weighted by atomic mass is 16.6. The molecule has 2 aromatic heterocycles. The lowest BCUT2D eigenvalue weighted by Crippen LogP contribution is -1.91. The van der Waals surface area contributed by atoms with Crippen molar-refractivity contribution in [3.05, 3.63) is 70.4 Å². The van der Waals surface area contributed by atoms with E-state index in [1.165, 1.54) is 12.1 Å². The summed E-state index contributed by atoms with van der Waals surface area (Å²) in [5, 5.41) is 14.5. The second-order valence-electron chi connectivity index (χ2n) is 4.35. The lowest BCUT2D eigenvalue weighted by atomic mass is 10.1. The smallest absolute Gasteiger partial charge is 0.269 e. The van der Waals surface area contributed by atoms with E-state index < -0.39 is 4.92 Å². The molecule has 0 aliphatic heterocycles. The third-order valence-corrected chi connectivity index (χ3v) is 2.89. The Bertz CT molecular complexity index is 753. The van der Waals surface area contributed by atoms with Crippen LogP contribution < -0.4 is 0 Å². The first-order chi connectivity index (χ1) is 10.2. The Balaban J connectivity index is 1.77. The lowest BCUT2D eigenvalue weighted by Gasteiger charge is -1.96. The predicted molar refractivity (Wildman–Crippen MR) is 73.4 cm³/mol. The minimum Gasteiger partial charge on any atom is -0.339 e. The van der Waals surface area contributed by atoms with Gasteiger partial charge in [-0.05, 0) is 17.7 Å². The zero-order chi connectivity index (χ0) is 14.7. The van der Waals surface area contributed by atoms with Gasteiger partial charge in [-0.1, -0.05) is 17.3 Å². The second-order valence-corrected chi connectivity index (χ2v) is 4.35. The molecule has 7 heteroatoms. The topological polar surface area (TPSA) is 95.0 Å². The molecular formula is C14H10N4O3. The number of hydrogen-bond acceptors (Lipinski definition) is 6. The highest BCUT2D eigenvalue weighted by molar-refractivity contribution is 5.51. The third-order valence-electron chi connectivity index (χ3n) is 2.89. The number of benzene rings is 1. The molecule has 3 aromatic rings. The Hall–Kier alpha value is -3.09. The summed E-state index contributed by atoms with van der Waals surface area (Å²) in [6, 6.07) is 9.88. The molecule has 0 atom stereocenters. The van der Waals surface area contributed by atoms with Crippen molar-refractivity contribution < 1.29 is 9.45 Å². The molecule has 7 nitrogen and oxygen atoms in total. The Labute approximate surface area is 119 Å². The molecule has 21 heavy (non-hydrogen) atoms. The van der Waals surface area contributed by atoms with Crippen molar-refractivity contribution >= 4 is 5.69 Å². The van der Waals surface area contributed by atoms with Gasteiger partial charge in [-0.3, -0.25) is 15.1 Å². The summed E-state index contributed by atoms with van der Waals surface area (Å²) in [4.78, 5) is 18.4.